The van der Waals surface area contributed by atoms with E-state index < -0.39 is 10.5 Å². The predicted molar refractivity (Wildman–Crippen MR) is 104 cm³/mol. The molecule has 0 amide bonds. The third-order valence-corrected chi connectivity index (χ3v) is 4.80. The molecule has 0 fully saturated rings. The van der Waals surface area contributed by atoms with E-state index in [9.17, 15) is 19.7 Å². The van der Waals surface area contributed by atoms with E-state index in [0.717, 1.165) is 16.5 Å². The Balaban J connectivity index is 1.86. The second-order valence-corrected chi connectivity index (χ2v) is 6.66. The number of rotatable bonds is 3. The molecule has 0 saturated carbocycles. The second-order valence-electron chi connectivity index (χ2n) is 6.66. The molecule has 2 aromatic carbocycles. The molecule has 2 heterocycles. The highest BCUT2D eigenvalue weighted by molar-refractivity contribution is 5.82. The zero-order valence-corrected chi connectivity index (χ0v) is 15.1. The lowest BCUT2D eigenvalue weighted by molar-refractivity contribution is -0.384. The van der Waals surface area contributed by atoms with Gasteiger partial charge >= 0.3 is 5.63 Å². The van der Waals surface area contributed by atoms with E-state index in [0.29, 0.717) is 11.1 Å². The largest absolute Gasteiger partial charge is 0.423 e. The Morgan fingerprint density at radius 3 is 2.57 bits per heavy atom. The highest BCUT2D eigenvalue weighted by Crippen LogP contribution is 2.22. The van der Waals surface area contributed by atoms with Crippen molar-refractivity contribution in [2.24, 2.45) is 0 Å². The zero-order valence-electron chi connectivity index (χ0n) is 15.1. The van der Waals surface area contributed by atoms with Crippen molar-refractivity contribution >= 4 is 27.6 Å². The van der Waals surface area contributed by atoms with Crippen molar-refractivity contribution in [2.45, 2.75) is 20.4 Å². The van der Waals surface area contributed by atoms with Crippen molar-refractivity contribution in [3.8, 4) is 0 Å². The van der Waals surface area contributed by atoms with Crippen molar-refractivity contribution in [2.75, 3.05) is 0 Å². The Morgan fingerprint density at radius 2 is 1.82 bits per heavy atom. The number of nitro groups is 1. The molecule has 28 heavy (non-hydrogen) atoms. The quantitative estimate of drug-likeness (QED) is 0.308. The molecular weight excluding hydrogens is 362 g/mol. The molecule has 0 atom stereocenters. The number of nitrogens with zero attached hydrogens (tertiary/aromatic N) is 3. The summed E-state index contributed by atoms with van der Waals surface area (Å²) in [7, 11) is 0. The fraction of sp³-hybridized carbons (Fsp3) is 0.150. The van der Waals surface area contributed by atoms with Gasteiger partial charge in [-0.3, -0.25) is 19.5 Å². The van der Waals surface area contributed by atoms with E-state index >= 15 is 0 Å². The first kappa shape index (κ1) is 17.6. The van der Waals surface area contributed by atoms with Crippen LogP contribution in [0.4, 0.5) is 5.69 Å². The average molecular weight is 377 g/mol. The van der Waals surface area contributed by atoms with Gasteiger partial charge in [-0.25, -0.2) is 9.78 Å². The van der Waals surface area contributed by atoms with Gasteiger partial charge in [-0.15, -0.1) is 0 Å². The van der Waals surface area contributed by atoms with Crippen molar-refractivity contribution in [3.63, 3.8) is 0 Å². The van der Waals surface area contributed by atoms with Gasteiger partial charge in [-0.05, 0) is 48.7 Å². The van der Waals surface area contributed by atoms with Crippen molar-refractivity contribution in [1.29, 1.82) is 0 Å². The Hall–Kier alpha value is -3.81. The van der Waals surface area contributed by atoms with Crippen LogP contribution in [-0.2, 0) is 6.54 Å². The van der Waals surface area contributed by atoms with Crippen LogP contribution in [0.2, 0.25) is 0 Å². The molecule has 0 aliphatic rings. The normalized spacial score (nSPS) is 11.2. The van der Waals surface area contributed by atoms with E-state index in [1.165, 1.54) is 35.2 Å². The number of nitro benzene ring substituents is 1. The summed E-state index contributed by atoms with van der Waals surface area (Å²) in [5, 5.41) is 11.9. The first-order valence-corrected chi connectivity index (χ1v) is 8.51. The number of benzene rings is 2. The number of non-ortho nitro benzene ring substituents is 1. The summed E-state index contributed by atoms with van der Waals surface area (Å²) in [6.45, 7) is 4.02. The van der Waals surface area contributed by atoms with E-state index in [4.69, 9.17) is 4.42 Å². The Kier molecular flexibility index (Phi) is 4.03. The van der Waals surface area contributed by atoms with Gasteiger partial charge in [-0.2, -0.15) is 0 Å². The number of aromatic nitrogens is 2. The molecule has 0 saturated heterocycles. The third-order valence-electron chi connectivity index (χ3n) is 4.80. The molecule has 8 nitrogen and oxygen atoms in total. The van der Waals surface area contributed by atoms with E-state index in [1.54, 1.807) is 6.07 Å². The number of hydrogen-bond acceptors (Lipinski definition) is 6. The van der Waals surface area contributed by atoms with Gasteiger partial charge in [0.15, 0.2) is 0 Å². The van der Waals surface area contributed by atoms with Crippen LogP contribution in [0.15, 0.2) is 56.7 Å². The molecule has 0 N–H and O–H groups in total. The first-order chi connectivity index (χ1) is 13.3. The predicted octanol–water partition coefficient (Wildman–Crippen LogP) is 3.08. The Morgan fingerprint density at radius 1 is 1.07 bits per heavy atom. The van der Waals surface area contributed by atoms with Crippen molar-refractivity contribution in [1.82, 2.24) is 9.55 Å². The van der Waals surface area contributed by atoms with Crippen LogP contribution in [0, 0.1) is 24.0 Å². The first-order valence-electron chi connectivity index (χ1n) is 8.51. The third kappa shape index (κ3) is 2.94. The fourth-order valence-electron chi connectivity index (χ4n) is 3.17. The summed E-state index contributed by atoms with van der Waals surface area (Å²) >= 11 is 0. The highest BCUT2D eigenvalue weighted by Gasteiger charge is 2.13. The van der Waals surface area contributed by atoms with Gasteiger partial charge in [0, 0.05) is 23.6 Å². The minimum Gasteiger partial charge on any atom is -0.423 e. The van der Waals surface area contributed by atoms with E-state index in [-0.39, 0.29) is 28.7 Å². The van der Waals surface area contributed by atoms with Gasteiger partial charge < -0.3 is 4.42 Å². The summed E-state index contributed by atoms with van der Waals surface area (Å²) < 4.78 is 6.66. The minimum absolute atomic E-state index is 0.128. The number of aryl methyl sites for hydroxylation is 2. The topological polar surface area (TPSA) is 108 Å². The van der Waals surface area contributed by atoms with Crippen LogP contribution in [0.5, 0.6) is 0 Å². The summed E-state index contributed by atoms with van der Waals surface area (Å²) in [5.74, 6) is 0. The van der Waals surface area contributed by atoms with Gasteiger partial charge in [0.2, 0.25) is 0 Å². The lowest BCUT2D eigenvalue weighted by atomic mass is 10.0. The molecular formula is C20H15N3O5. The van der Waals surface area contributed by atoms with Crippen LogP contribution in [-0.4, -0.2) is 14.5 Å². The Labute approximate surface area is 157 Å². The summed E-state index contributed by atoms with van der Waals surface area (Å²) in [6, 6.07) is 9.02. The van der Waals surface area contributed by atoms with Gasteiger partial charge in [0.25, 0.3) is 11.2 Å². The monoisotopic (exact) mass is 377 g/mol. The van der Waals surface area contributed by atoms with Crippen LogP contribution in [0.1, 0.15) is 16.7 Å². The molecule has 0 radical (unpaired) electrons. The molecule has 0 aliphatic carbocycles. The summed E-state index contributed by atoms with van der Waals surface area (Å²) in [6.07, 6.45) is 1.33. The average Bonchev–Trinajstić information content (AvgIpc) is 2.65. The molecule has 0 bridgehead atoms. The van der Waals surface area contributed by atoms with Crippen molar-refractivity contribution in [3.05, 3.63) is 90.3 Å². The van der Waals surface area contributed by atoms with Gasteiger partial charge in [0.05, 0.1) is 28.7 Å². The lowest BCUT2D eigenvalue weighted by Gasteiger charge is -2.10. The molecule has 2 aromatic heterocycles. The summed E-state index contributed by atoms with van der Waals surface area (Å²) in [4.78, 5) is 39.3. The molecule has 0 aliphatic heterocycles. The fourth-order valence-corrected chi connectivity index (χ4v) is 3.17. The van der Waals surface area contributed by atoms with E-state index in [1.807, 2.05) is 19.9 Å². The zero-order chi connectivity index (χ0) is 20.0. The van der Waals surface area contributed by atoms with E-state index in [2.05, 4.69) is 4.98 Å². The molecule has 140 valence electrons. The number of hydrogen-bond donors (Lipinski definition) is 0. The second kappa shape index (κ2) is 6.41. The molecule has 8 heteroatoms. The van der Waals surface area contributed by atoms with Crippen LogP contribution in [0.25, 0.3) is 21.9 Å². The van der Waals surface area contributed by atoms with Crippen LogP contribution >= 0.6 is 0 Å². The smallest absolute Gasteiger partial charge is 0.336 e. The molecule has 4 rings (SSSR count). The lowest BCUT2D eigenvalue weighted by Crippen LogP contribution is -2.22. The maximum Gasteiger partial charge on any atom is 0.336 e. The maximum atomic E-state index is 12.8. The highest BCUT2D eigenvalue weighted by atomic mass is 16.6. The minimum atomic E-state index is -0.535. The standard InChI is InChI=1S/C20H15N3O5/c1-11-5-16-13(7-19(24)28-18(16)6-12(11)2)9-22-10-21-17-8-14(23(26)27)3-4-15(17)20(22)25/h3-8,10H,9H2,1-2H3. The molecule has 4 aromatic rings. The van der Waals surface area contributed by atoms with Crippen molar-refractivity contribution < 1.29 is 9.34 Å². The van der Waals surface area contributed by atoms with Crippen LogP contribution in [0.3, 0.4) is 0 Å². The maximum absolute atomic E-state index is 12.8. The molecule has 0 unspecified atom stereocenters. The molecule has 0 spiro atoms. The van der Waals surface area contributed by atoms with Gasteiger partial charge in [-0.1, -0.05) is 0 Å². The summed E-state index contributed by atoms with van der Waals surface area (Å²) in [5.41, 5.74) is 2.42. The van der Waals surface area contributed by atoms with Crippen LogP contribution < -0.4 is 11.2 Å². The van der Waals surface area contributed by atoms with Gasteiger partial charge in [0.1, 0.15) is 5.58 Å². The number of fused-ring (bicyclic) bond motifs is 2. The Bertz CT molecular complexity index is 1380. The SMILES string of the molecule is Cc1cc2oc(=O)cc(Cn3cnc4cc([N+](=O)[O-])ccc4c3=O)c2cc1C.